The Morgan fingerprint density at radius 3 is 2.38 bits per heavy atom. The summed E-state index contributed by atoms with van der Waals surface area (Å²) in [7, 11) is 0. The van der Waals surface area contributed by atoms with Gasteiger partial charge in [0.05, 0.1) is 6.10 Å². The number of ether oxygens (including phenoxy) is 3. The summed E-state index contributed by atoms with van der Waals surface area (Å²) in [5.74, 6) is 0.658. The van der Waals surface area contributed by atoms with Crippen molar-refractivity contribution in [1.82, 2.24) is 5.32 Å². The quantitative estimate of drug-likeness (QED) is 0.730. The largest absolute Gasteiger partial charge is 0.487 e. The lowest BCUT2D eigenvalue weighted by atomic mass is 10.2. The van der Waals surface area contributed by atoms with Gasteiger partial charge >= 0.3 is 6.09 Å². The third kappa shape index (κ3) is 8.38. The Morgan fingerprint density at radius 1 is 1.25 bits per heavy atom. The number of amides is 1. The van der Waals surface area contributed by atoms with Crippen LogP contribution < -0.4 is 15.8 Å². The molecular formula is C17H27ClN2O4. The highest BCUT2D eigenvalue weighted by molar-refractivity contribution is 6.30. The first kappa shape index (κ1) is 20.5. The molecule has 1 rings (SSSR count). The monoisotopic (exact) mass is 358 g/mol. The predicted octanol–water partition coefficient (Wildman–Crippen LogP) is 3.32. The number of hydrogen-bond donors (Lipinski definition) is 2. The fourth-order valence-corrected chi connectivity index (χ4v) is 1.89. The zero-order chi connectivity index (χ0) is 18.3. The van der Waals surface area contributed by atoms with Crippen molar-refractivity contribution < 1.29 is 19.0 Å². The van der Waals surface area contributed by atoms with Crippen LogP contribution in [0.15, 0.2) is 24.3 Å². The second-order valence-electron chi connectivity index (χ2n) is 6.57. The predicted molar refractivity (Wildman–Crippen MR) is 94.3 cm³/mol. The van der Waals surface area contributed by atoms with Crippen LogP contribution >= 0.6 is 11.6 Å². The zero-order valence-corrected chi connectivity index (χ0v) is 15.6. The van der Waals surface area contributed by atoms with E-state index in [-0.39, 0.29) is 18.8 Å². The summed E-state index contributed by atoms with van der Waals surface area (Å²) in [5, 5.41) is 3.28. The molecule has 0 bridgehead atoms. The fourth-order valence-electron chi connectivity index (χ4n) is 1.76. The number of halogens is 1. The molecule has 0 fully saturated rings. The summed E-state index contributed by atoms with van der Waals surface area (Å²) in [4.78, 5) is 11.6. The first-order chi connectivity index (χ1) is 11.1. The topological polar surface area (TPSA) is 82.8 Å². The van der Waals surface area contributed by atoms with Gasteiger partial charge in [-0.1, -0.05) is 11.6 Å². The number of hydrogen-bond acceptors (Lipinski definition) is 5. The van der Waals surface area contributed by atoms with E-state index in [0.717, 1.165) is 0 Å². The van der Waals surface area contributed by atoms with E-state index in [9.17, 15) is 4.79 Å². The molecule has 0 aromatic heterocycles. The highest BCUT2D eigenvalue weighted by atomic mass is 35.5. The van der Waals surface area contributed by atoms with Crippen LogP contribution in [0.5, 0.6) is 5.75 Å². The lowest BCUT2D eigenvalue weighted by Gasteiger charge is -2.25. The minimum Gasteiger partial charge on any atom is -0.487 e. The van der Waals surface area contributed by atoms with E-state index < -0.39 is 17.9 Å². The maximum Gasteiger partial charge on any atom is 0.407 e. The second-order valence-corrected chi connectivity index (χ2v) is 7.01. The number of alkyl carbamates (subject to hydrolysis) is 1. The van der Waals surface area contributed by atoms with Crippen molar-refractivity contribution in [3.63, 3.8) is 0 Å². The van der Waals surface area contributed by atoms with E-state index in [2.05, 4.69) is 5.32 Å². The average Bonchev–Trinajstić information content (AvgIpc) is 2.45. The smallest absolute Gasteiger partial charge is 0.407 e. The number of nitrogens with two attached hydrogens (primary N) is 1. The number of rotatable bonds is 7. The summed E-state index contributed by atoms with van der Waals surface area (Å²) in [6, 6.07) is 7.00. The Hall–Kier alpha value is -1.50. The molecule has 7 heteroatoms. The molecule has 0 aliphatic heterocycles. The van der Waals surface area contributed by atoms with Crippen molar-refractivity contribution in [1.29, 1.82) is 0 Å². The molecule has 2 unspecified atom stereocenters. The van der Waals surface area contributed by atoms with Crippen molar-refractivity contribution in [3.05, 3.63) is 29.3 Å². The summed E-state index contributed by atoms with van der Waals surface area (Å²) in [6.07, 6.45) is -1.79. The zero-order valence-electron chi connectivity index (χ0n) is 14.8. The molecule has 136 valence electrons. The highest BCUT2D eigenvalue weighted by Gasteiger charge is 2.20. The summed E-state index contributed by atoms with van der Waals surface area (Å²) < 4.78 is 16.5. The van der Waals surface area contributed by atoms with Gasteiger partial charge in [0.25, 0.3) is 0 Å². The van der Waals surface area contributed by atoms with Crippen molar-refractivity contribution >= 4 is 17.7 Å². The van der Waals surface area contributed by atoms with Crippen LogP contribution in [-0.2, 0) is 9.47 Å². The van der Waals surface area contributed by atoms with Gasteiger partial charge in [0, 0.05) is 11.6 Å². The Kier molecular flexibility index (Phi) is 7.79. The molecule has 24 heavy (non-hydrogen) atoms. The van der Waals surface area contributed by atoms with Crippen LogP contribution in [0.2, 0.25) is 5.02 Å². The first-order valence-corrected chi connectivity index (χ1v) is 8.25. The molecule has 3 atom stereocenters. The Bertz CT molecular complexity index is 516. The van der Waals surface area contributed by atoms with Crippen LogP contribution in [0.3, 0.4) is 0 Å². The van der Waals surface area contributed by atoms with Gasteiger partial charge in [-0.2, -0.15) is 0 Å². The van der Waals surface area contributed by atoms with E-state index in [1.54, 1.807) is 45.0 Å². The molecule has 6 nitrogen and oxygen atoms in total. The normalized spacial score (nSPS) is 15.3. The Balaban J connectivity index is 2.35. The molecule has 0 aliphatic rings. The molecule has 3 N–H and O–H groups in total. The van der Waals surface area contributed by atoms with Crippen molar-refractivity contribution in [2.24, 2.45) is 5.73 Å². The first-order valence-electron chi connectivity index (χ1n) is 7.87. The minimum atomic E-state index is -0.642. The van der Waals surface area contributed by atoms with E-state index in [1.165, 1.54) is 0 Å². The van der Waals surface area contributed by atoms with Crippen molar-refractivity contribution in [3.8, 4) is 5.75 Å². The highest BCUT2D eigenvalue weighted by Crippen LogP contribution is 2.17. The van der Waals surface area contributed by atoms with Gasteiger partial charge in [0.2, 0.25) is 0 Å². The van der Waals surface area contributed by atoms with Gasteiger partial charge in [0.1, 0.15) is 23.7 Å². The molecule has 1 aromatic rings. The third-order valence-corrected chi connectivity index (χ3v) is 3.17. The minimum absolute atomic E-state index is 0.288. The lowest BCUT2D eigenvalue weighted by molar-refractivity contribution is -0.0519. The third-order valence-electron chi connectivity index (χ3n) is 2.92. The average molecular weight is 359 g/mol. The van der Waals surface area contributed by atoms with Gasteiger partial charge in [0.15, 0.2) is 0 Å². The van der Waals surface area contributed by atoms with Crippen LogP contribution in [0, 0.1) is 0 Å². The van der Waals surface area contributed by atoms with Crippen molar-refractivity contribution in [2.75, 3.05) is 6.54 Å². The SMILES string of the molecule is CC(CNC(=O)OC(C)(C)C)OC(N)[C@H](C)Oc1ccc(Cl)cc1. The Morgan fingerprint density at radius 2 is 1.83 bits per heavy atom. The van der Waals surface area contributed by atoms with Crippen LogP contribution in [0.25, 0.3) is 0 Å². The number of benzene rings is 1. The molecule has 1 aromatic carbocycles. The maximum atomic E-state index is 11.6. The van der Waals surface area contributed by atoms with E-state index >= 15 is 0 Å². The number of carbonyl (C=O) groups is 1. The van der Waals surface area contributed by atoms with E-state index in [0.29, 0.717) is 10.8 Å². The van der Waals surface area contributed by atoms with Crippen molar-refractivity contribution in [2.45, 2.75) is 58.7 Å². The van der Waals surface area contributed by atoms with Gasteiger partial charge in [-0.15, -0.1) is 0 Å². The summed E-state index contributed by atoms with van der Waals surface area (Å²) in [5.41, 5.74) is 5.45. The molecular weight excluding hydrogens is 332 g/mol. The van der Waals surface area contributed by atoms with Gasteiger partial charge < -0.3 is 25.3 Å². The maximum absolute atomic E-state index is 11.6. The Labute approximate surface area is 148 Å². The number of nitrogens with one attached hydrogen (secondary N) is 1. The lowest BCUT2D eigenvalue weighted by Crippen LogP contribution is -2.44. The molecule has 0 heterocycles. The molecule has 0 spiro atoms. The summed E-state index contributed by atoms with van der Waals surface area (Å²) >= 11 is 5.83. The second kappa shape index (κ2) is 9.11. The molecule has 1 amide bonds. The van der Waals surface area contributed by atoms with Gasteiger partial charge in [-0.25, -0.2) is 4.79 Å². The van der Waals surface area contributed by atoms with E-state index in [1.807, 2.05) is 13.8 Å². The molecule has 0 saturated heterocycles. The van der Waals surface area contributed by atoms with E-state index in [4.69, 9.17) is 31.5 Å². The van der Waals surface area contributed by atoms with Crippen LogP contribution in [0.4, 0.5) is 4.79 Å². The summed E-state index contributed by atoms with van der Waals surface area (Å²) in [6.45, 7) is 9.32. The fraction of sp³-hybridized carbons (Fsp3) is 0.588. The van der Waals surface area contributed by atoms with Gasteiger partial charge in [-0.05, 0) is 58.9 Å². The van der Waals surface area contributed by atoms with Crippen LogP contribution in [-0.4, -0.2) is 36.7 Å². The molecule has 0 radical (unpaired) electrons. The number of carbonyl (C=O) groups excluding carboxylic acids is 1. The van der Waals surface area contributed by atoms with Gasteiger partial charge in [-0.3, -0.25) is 0 Å². The van der Waals surface area contributed by atoms with Crippen LogP contribution in [0.1, 0.15) is 34.6 Å². The molecule has 0 aliphatic carbocycles. The standard InChI is InChI=1S/C17H27ClN2O4/c1-11(10-20-16(21)24-17(3,4)5)22-15(19)12(2)23-14-8-6-13(18)7-9-14/h6-9,11-12,15H,10,19H2,1-5H3,(H,20,21)/t11?,12-,15?/m0/s1. The molecule has 0 saturated carbocycles.